The van der Waals surface area contributed by atoms with Crippen molar-refractivity contribution in [3.8, 4) is 10.7 Å². The van der Waals surface area contributed by atoms with Gasteiger partial charge in [0.1, 0.15) is 0 Å². The fraction of sp³-hybridized carbons (Fsp3) is 0.391. The lowest BCUT2D eigenvalue weighted by Gasteiger charge is -2.35. The van der Waals surface area contributed by atoms with Crippen LogP contribution in [0.3, 0.4) is 0 Å². The number of rotatable bonds is 8. The first-order chi connectivity index (χ1) is 15.6. The van der Waals surface area contributed by atoms with E-state index in [4.69, 9.17) is 9.26 Å². The second-order valence-corrected chi connectivity index (χ2v) is 8.66. The van der Waals surface area contributed by atoms with Gasteiger partial charge >= 0.3 is 5.97 Å². The van der Waals surface area contributed by atoms with Gasteiger partial charge in [-0.1, -0.05) is 41.6 Å². The average Bonchev–Trinajstić information content (AvgIpc) is 3.50. The van der Waals surface area contributed by atoms with Crippen LogP contribution in [0, 0.1) is 0 Å². The highest BCUT2D eigenvalue weighted by Crippen LogP contribution is 2.21. The van der Waals surface area contributed by atoms with Crippen LogP contribution in [0.2, 0.25) is 0 Å². The predicted molar refractivity (Wildman–Crippen MR) is 120 cm³/mol. The Labute approximate surface area is 190 Å². The number of carbonyl (C=O) groups is 2. The Morgan fingerprint density at radius 2 is 1.91 bits per heavy atom. The first-order valence-corrected chi connectivity index (χ1v) is 11.6. The molecule has 1 amide bonds. The van der Waals surface area contributed by atoms with Crippen LogP contribution >= 0.6 is 11.3 Å². The molecule has 168 valence electrons. The number of thiophene rings is 1. The lowest BCUT2D eigenvalue weighted by atomic mass is 10.2. The number of esters is 1. The van der Waals surface area contributed by atoms with E-state index in [0.717, 1.165) is 24.5 Å². The lowest BCUT2D eigenvalue weighted by Crippen LogP contribution is -2.51. The van der Waals surface area contributed by atoms with Crippen molar-refractivity contribution in [2.75, 3.05) is 26.2 Å². The number of benzene rings is 1. The van der Waals surface area contributed by atoms with Crippen LogP contribution in [0.4, 0.5) is 0 Å². The third-order valence-electron chi connectivity index (χ3n) is 5.34. The molecule has 1 saturated heterocycles. The standard InChI is InChI=1S/C23H26N4O4S/c1-17(23(29)27-13-11-26(12-14-27)16-18-6-3-2-4-7-18)30-21(28)10-9-20-24-22(25-31-20)19-8-5-15-32-19/h2-8,15,17H,9-14,16H2,1H3. The lowest BCUT2D eigenvalue weighted by molar-refractivity contribution is -0.160. The first-order valence-electron chi connectivity index (χ1n) is 10.7. The molecule has 1 aliphatic heterocycles. The van der Waals surface area contributed by atoms with Gasteiger partial charge < -0.3 is 14.2 Å². The molecule has 0 radical (unpaired) electrons. The van der Waals surface area contributed by atoms with Gasteiger partial charge in [-0.15, -0.1) is 11.3 Å². The molecule has 1 aliphatic rings. The normalized spacial score (nSPS) is 15.5. The van der Waals surface area contributed by atoms with E-state index in [-0.39, 0.29) is 18.7 Å². The van der Waals surface area contributed by atoms with Gasteiger partial charge in [0, 0.05) is 39.1 Å². The number of ether oxygens (including phenoxy) is 1. The summed E-state index contributed by atoms with van der Waals surface area (Å²) in [6.45, 7) is 5.34. The Morgan fingerprint density at radius 3 is 2.62 bits per heavy atom. The Kier molecular flexibility index (Phi) is 7.28. The molecule has 0 saturated carbocycles. The van der Waals surface area contributed by atoms with Crippen molar-refractivity contribution in [1.29, 1.82) is 0 Å². The minimum Gasteiger partial charge on any atom is -0.453 e. The summed E-state index contributed by atoms with van der Waals surface area (Å²) in [6, 6.07) is 14.1. The van der Waals surface area contributed by atoms with Crippen molar-refractivity contribution in [3.63, 3.8) is 0 Å². The van der Waals surface area contributed by atoms with Crippen molar-refractivity contribution in [2.45, 2.75) is 32.4 Å². The Hall–Kier alpha value is -3.04. The SMILES string of the molecule is CC(OC(=O)CCc1nc(-c2cccs2)no1)C(=O)N1CCN(Cc2ccccc2)CC1. The maximum Gasteiger partial charge on any atom is 0.307 e. The second kappa shape index (κ2) is 10.5. The Morgan fingerprint density at radius 1 is 1.12 bits per heavy atom. The van der Waals surface area contributed by atoms with Gasteiger partial charge in [-0.2, -0.15) is 4.98 Å². The summed E-state index contributed by atoms with van der Waals surface area (Å²) in [5.74, 6) is 0.275. The molecule has 8 nitrogen and oxygen atoms in total. The van der Waals surface area contributed by atoms with Gasteiger partial charge in [0.2, 0.25) is 11.7 Å². The summed E-state index contributed by atoms with van der Waals surface area (Å²) in [7, 11) is 0. The molecule has 3 aromatic rings. The third-order valence-corrected chi connectivity index (χ3v) is 6.21. The van der Waals surface area contributed by atoms with Crippen LogP contribution in [0.5, 0.6) is 0 Å². The summed E-state index contributed by atoms with van der Waals surface area (Å²) in [6.07, 6.45) is -0.460. The number of nitrogens with zero attached hydrogens (tertiary/aromatic N) is 4. The van der Waals surface area contributed by atoms with Gasteiger partial charge in [-0.05, 0) is 23.9 Å². The zero-order valence-electron chi connectivity index (χ0n) is 18.0. The number of amides is 1. The molecule has 0 aliphatic carbocycles. The quantitative estimate of drug-likeness (QED) is 0.484. The van der Waals surface area contributed by atoms with E-state index in [1.54, 1.807) is 11.8 Å². The second-order valence-electron chi connectivity index (χ2n) is 7.71. The van der Waals surface area contributed by atoms with E-state index in [1.807, 2.05) is 35.7 Å². The van der Waals surface area contributed by atoms with E-state index in [2.05, 4.69) is 27.2 Å². The first kappa shape index (κ1) is 22.2. The monoisotopic (exact) mass is 454 g/mol. The topological polar surface area (TPSA) is 88.8 Å². The van der Waals surface area contributed by atoms with Crippen molar-refractivity contribution >= 4 is 23.2 Å². The van der Waals surface area contributed by atoms with E-state index in [1.165, 1.54) is 16.9 Å². The average molecular weight is 455 g/mol. The summed E-state index contributed by atoms with van der Waals surface area (Å²) in [4.78, 5) is 34.2. The van der Waals surface area contributed by atoms with E-state index < -0.39 is 12.1 Å². The van der Waals surface area contributed by atoms with Gasteiger partial charge in [0.05, 0.1) is 11.3 Å². The number of piperazine rings is 1. The molecule has 3 heterocycles. The maximum atomic E-state index is 12.7. The maximum absolute atomic E-state index is 12.7. The smallest absolute Gasteiger partial charge is 0.307 e. The predicted octanol–water partition coefficient (Wildman–Crippen LogP) is 3.01. The van der Waals surface area contributed by atoms with Crippen LogP contribution in [0.15, 0.2) is 52.4 Å². The zero-order valence-corrected chi connectivity index (χ0v) is 18.8. The number of carbonyl (C=O) groups excluding carboxylic acids is 2. The molecule has 0 bridgehead atoms. The summed E-state index contributed by atoms with van der Waals surface area (Å²) >= 11 is 1.52. The molecule has 9 heteroatoms. The van der Waals surface area contributed by atoms with Crippen LogP contribution in [0.25, 0.3) is 10.7 Å². The molecule has 1 fully saturated rings. The van der Waals surface area contributed by atoms with Crippen LogP contribution in [-0.4, -0.2) is 64.1 Å². The van der Waals surface area contributed by atoms with E-state index >= 15 is 0 Å². The molecule has 32 heavy (non-hydrogen) atoms. The van der Waals surface area contributed by atoms with Crippen molar-refractivity contribution < 1.29 is 18.8 Å². The van der Waals surface area contributed by atoms with Crippen LogP contribution in [-0.2, 0) is 27.3 Å². The molecule has 1 unspecified atom stereocenters. The largest absolute Gasteiger partial charge is 0.453 e. The van der Waals surface area contributed by atoms with Crippen molar-refractivity contribution in [2.24, 2.45) is 0 Å². The highest BCUT2D eigenvalue weighted by atomic mass is 32.1. The van der Waals surface area contributed by atoms with Gasteiger partial charge in [-0.3, -0.25) is 14.5 Å². The highest BCUT2D eigenvalue weighted by Gasteiger charge is 2.27. The van der Waals surface area contributed by atoms with Gasteiger partial charge in [0.15, 0.2) is 6.10 Å². The molecule has 0 spiro atoms. The van der Waals surface area contributed by atoms with Crippen molar-refractivity contribution in [3.05, 3.63) is 59.3 Å². The molecular formula is C23H26N4O4S. The molecular weight excluding hydrogens is 428 g/mol. The molecule has 1 aromatic carbocycles. The third kappa shape index (κ3) is 5.80. The minimum absolute atomic E-state index is 0.0779. The summed E-state index contributed by atoms with van der Waals surface area (Å²) in [5.41, 5.74) is 1.26. The molecule has 4 rings (SSSR count). The van der Waals surface area contributed by atoms with Gasteiger partial charge in [0.25, 0.3) is 5.91 Å². The summed E-state index contributed by atoms with van der Waals surface area (Å²) in [5, 5.41) is 5.86. The van der Waals surface area contributed by atoms with Crippen molar-refractivity contribution in [1.82, 2.24) is 19.9 Å². The number of aromatic nitrogens is 2. The van der Waals surface area contributed by atoms with E-state index in [9.17, 15) is 9.59 Å². The summed E-state index contributed by atoms with van der Waals surface area (Å²) < 4.78 is 10.6. The van der Waals surface area contributed by atoms with Crippen LogP contribution < -0.4 is 0 Å². The van der Waals surface area contributed by atoms with Gasteiger partial charge in [-0.25, -0.2) is 0 Å². The molecule has 1 atom stereocenters. The number of aryl methyl sites for hydroxylation is 1. The zero-order chi connectivity index (χ0) is 22.3. The highest BCUT2D eigenvalue weighted by molar-refractivity contribution is 7.13. The molecule has 2 aromatic heterocycles. The Balaban J connectivity index is 1.18. The number of hydrogen-bond donors (Lipinski definition) is 0. The molecule has 0 N–H and O–H groups in total. The van der Waals surface area contributed by atoms with Crippen LogP contribution in [0.1, 0.15) is 24.8 Å². The fourth-order valence-corrected chi connectivity index (χ4v) is 4.25. The van der Waals surface area contributed by atoms with E-state index in [0.29, 0.717) is 24.8 Å². The Bertz CT molecular complexity index is 1010. The minimum atomic E-state index is -0.812. The number of hydrogen-bond acceptors (Lipinski definition) is 8. The fourth-order valence-electron chi connectivity index (χ4n) is 3.60.